The Labute approximate surface area is 273 Å². The summed E-state index contributed by atoms with van der Waals surface area (Å²) in [5.74, 6) is -3.26. The van der Waals surface area contributed by atoms with Gasteiger partial charge in [-0.15, -0.1) is 0 Å². The molecule has 0 spiro atoms. The van der Waals surface area contributed by atoms with Crippen molar-refractivity contribution in [2.45, 2.75) is 85.3 Å². The second-order valence-electron chi connectivity index (χ2n) is 12.5. The van der Waals surface area contributed by atoms with Gasteiger partial charge < -0.3 is 21.1 Å². The fourth-order valence-corrected chi connectivity index (χ4v) is 6.41. The lowest BCUT2D eigenvalue weighted by Gasteiger charge is -2.42. The molecule has 0 saturated heterocycles. The number of carbonyl (C=O) groups excluding carboxylic acids is 2. The molecular weight excluding hydrogens is 584 g/mol. The van der Waals surface area contributed by atoms with Gasteiger partial charge in [-0.3, -0.25) is 9.59 Å². The van der Waals surface area contributed by atoms with E-state index in [-0.39, 0.29) is 30.9 Å². The van der Waals surface area contributed by atoms with Crippen molar-refractivity contribution in [3.8, 4) is 0 Å². The number of benzene rings is 2. The van der Waals surface area contributed by atoms with Gasteiger partial charge in [-0.05, 0) is 67.9 Å². The third-order valence-corrected chi connectivity index (χ3v) is 8.55. The molecular formula is C38H51F2N3O3. The maximum atomic E-state index is 14.3. The summed E-state index contributed by atoms with van der Waals surface area (Å²) >= 11 is 0. The molecule has 1 unspecified atom stereocenters. The Morgan fingerprint density at radius 2 is 1.74 bits per heavy atom. The molecule has 4 N–H and O–H groups in total. The molecule has 6 nitrogen and oxygen atoms in total. The third-order valence-electron chi connectivity index (χ3n) is 8.55. The van der Waals surface area contributed by atoms with Crippen molar-refractivity contribution in [3.63, 3.8) is 0 Å². The number of allylic oxidation sites excluding steroid dienone is 3. The van der Waals surface area contributed by atoms with Crippen LogP contribution >= 0.6 is 0 Å². The normalized spacial score (nSPS) is 17.8. The topological polar surface area (TPSA) is 95.7 Å². The van der Waals surface area contributed by atoms with Crippen LogP contribution in [0.1, 0.15) is 82.9 Å². The molecule has 2 aromatic carbocycles. The number of aliphatic hydroxyl groups excluding tert-OH is 1. The molecule has 0 fully saturated rings. The van der Waals surface area contributed by atoms with Crippen molar-refractivity contribution < 1.29 is 23.5 Å². The number of hydrogen-bond acceptors (Lipinski definition) is 4. The summed E-state index contributed by atoms with van der Waals surface area (Å²) in [6.07, 6.45) is 11.4. The first-order chi connectivity index (χ1) is 22.0. The van der Waals surface area contributed by atoms with Crippen LogP contribution in [-0.2, 0) is 22.6 Å². The third kappa shape index (κ3) is 10.2. The first kappa shape index (κ1) is 36.8. The number of halogens is 2. The van der Waals surface area contributed by atoms with Gasteiger partial charge in [0, 0.05) is 43.7 Å². The quantitative estimate of drug-likeness (QED) is 0.156. The molecule has 0 radical (unpaired) electrons. The molecule has 3 rings (SSSR count). The minimum absolute atomic E-state index is 0.0195. The number of nitrogens with zero attached hydrogens (tertiary/aromatic N) is 1. The van der Waals surface area contributed by atoms with Crippen molar-refractivity contribution >= 4 is 17.9 Å². The van der Waals surface area contributed by atoms with E-state index in [1.54, 1.807) is 24.0 Å². The first-order valence-electron chi connectivity index (χ1n) is 16.6. The Bertz CT molecular complexity index is 1390. The van der Waals surface area contributed by atoms with E-state index in [9.17, 15) is 23.5 Å². The smallest absolute Gasteiger partial charge is 0.249 e. The van der Waals surface area contributed by atoms with E-state index in [2.05, 4.69) is 30.5 Å². The van der Waals surface area contributed by atoms with E-state index in [0.29, 0.717) is 30.8 Å². The minimum Gasteiger partial charge on any atom is -0.391 e. The van der Waals surface area contributed by atoms with Gasteiger partial charge in [-0.1, -0.05) is 87.8 Å². The molecule has 0 heterocycles. The fourth-order valence-electron chi connectivity index (χ4n) is 6.41. The second-order valence-corrected chi connectivity index (χ2v) is 12.5. The fraction of sp³-hybridized carbons (Fsp3) is 0.474. The van der Waals surface area contributed by atoms with Gasteiger partial charge in [0.25, 0.3) is 0 Å². The number of rotatable bonds is 18. The predicted octanol–water partition coefficient (Wildman–Crippen LogP) is 6.87. The van der Waals surface area contributed by atoms with Crippen molar-refractivity contribution in [1.82, 2.24) is 10.2 Å². The van der Waals surface area contributed by atoms with E-state index < -0.39 is 35.0 Å². The zero-order chi connectivity index (χ0) is 33.7. The van der Waals surface area contributed by atoms with Gasteiger partial charge in [0.1, 0.15) is 11.6 Å². The van der Waals surface area contributed by atoms with Crippen molar-refractivity contribution in [3.05, 3.63) is 100 Å². The summed E-state index contributed by atoms with van der Waals surface area (Å²) in [5, 5.41) is 15.1. The maximum absolute atomic E-state index is 14.3. The van der Waals surface area contributed by atoms with Crippen LogP contribution in [0.3, 0.4) is 0 Å². The van der Waals surface area contributed by atoms with Gasteiger partial charge >= 0.3 is 0 Å². The highest BCUT2D eigenvalue weighted by molar-refractivity contribution is 5.97. The second kappa shape index (κ2) is 17.9. The summed E-state index contributed by atoms with van der Waals surface area (Å²) in [6, 6.07) is 11.3. The van der Waals surface area contributed by atoms with Crippen LogP contribution < -0.4 is 11.1 Å². The highest BCUT2D eigenvalue weighted by Gasteiger charge is 2.48. The minimum atomic E-state index is -1.47. The Balaban J connectivity index is 1.92. The average Bonchev–Trinajstić information content (AvgIpc) is 3.00. The monoisotopic (exact) mass is 635 g/mol. The summed E-state index contributed by atoms with van der Waals surface area (Å²) in [6.45, 7) is 9.66. The van der Waals surface area contributed by atoms with Crippen LogP contribution in [-0.4, -0.2) is 47.6 Å². The highest BCUT2D eigenvalue weighted by Crippen LogP contribution is 2.44. The van der Waals surface area contributed by atoms with E-state index in [4.69, 9.17) is 5.73 Å². The first-order valence-corrected chi connectivity index (χ1v) is 16.6. The zero-order valence-electron chi connectivity index (χ0n) is 27.8. The summed E-state index contributed by atoms with van der Waals surface area (Å²) in [4.78, 5) is 29.0. The highest BCUT2D eigenvalue weighted by atomic mass is 19.1. The molecule has 0 aliphatic heterocycles. The molecule has 250 valence electrons. The maximum Gasteiger partial charge on any atom is 0.249 e. The Morgan fingerprint density at radius 1 is 1.04 bits per heavy atom. The number of unbranched alkanes of at least 4 members (excludes halogenated alkanes) is 2. The molecule has 0 bridgehead atoms. The standard InChI is InChI=1S/C38H51F2N3O3/c1-5-8-9-10-12-28-13-11-14-29(18-28)25-42-26-35(44)34(21-30-19-32(39)22-33(40)20-30)38(37(41)46)23-27(4)17-31(24-38)36(45)43(15-6-2)16-7-3/h10-14,17-20,22-23,34-35,42,44H,5-9,15-16,21,24-26H2,1-4H3,(H2,41,46)/b12-10+/t34-,35+,38?/m1/s1. The van der Waals surface area contributed by atoms with Crippen LogP contribution in [0.5, 0.6) is 0 Å². The number of carbonyl (C=O) groups is 2. The average molecular weight is 636 g/mol. The van der Waals surface area contributed by atoms with E-state index in [0.717, 1.165) is 49.3 Å². The van der Waals surface area contributed by atoms with Gasteiger partial charge in [-0.25, -0.2) is 8.78 Å². The van der Waals surface area contributed by atoms with Gasteiger partial charge in [0.05, 0.1) is 11.5 Å². The van der Waals surface area contributed by atoms with E-state index >= 15 is 0 Å². The molecule has 2 amide bonds. The van der Waals surface area contributed by atoms with E-state index in [1.165, 1.54) is 12.1 Å². The summed E-state index contributed by atoms with van der Waals surface area (Å²) in [7, 11) is 0. The lowest BCUT2D eigenvalue weighted by Crippen LogP contribution is -2.51. The largest absolute Gasteiger partial charge is 0.391 e. The Morgan fingerprint density at radius 3 is 2.37 bits per heavy atom. The number of nitrogens with one attached hydrogen (secondary N) is 1. The van der Waals surface area contributed by atoms with Crippen molar-refractivity contribution in [2.24, 2.45) is 17.1 Å². The number of hydrogen-bond donors (Lipinski definition) is 3. The predicted molar refractivity (Wildman–Crippen MR) is 182 cm³/mol. The molecule has 0 saturated carbocycles. The van der Waals surface area contributed by atoms with E-state index in [1.807, 2.05) is 32.0 Å². The van der Waals surface area contributed by atoms with Gasteiger partial charge in [0.15, 0.2) is 0 Å². The van der Waals surface area contributed by atoms with Crippen molar-refractivity contribution in [1.29, 1.82) is 0 Å². The Hall–Kier alpha value is -3.62. The molecule has 46 heavy (non-hydrogen) atoms. The Kier molecular flexibility index (Phi) is 14.3. The molecule has 3 atom stereocenters. The number of primary amides is 1. The molecule has 1 aliphatic carbocycles. The SMILES string of the molecule is CCCC/C=C/c1cccc(CNC[C@H](O)[C@@H](Cc2cc(F)cc(F)c2)C2(C(N)=O)C=C(C)C=C(C(=O)N(CCC)CCC)C2)c1. The number of nitrogens with two attached hydrogens (primary N) is 1. The lowest BCUT2D eigenvalue weighted by atomic mass is 9.63. The van der Waals surface area contributed by atoms with Crippen LogP contribution in [0.4, 0.5) is 8.78 Å². The van der Waals surface area contributed by atoms with Crippen LogP contribution in [0.2, 0.25) is 0 Å². The van der Waals surface area contributed by atoms with Crippen LogP contribution in [0.15, 0.2) is 71.8 Å². The molecule has 8 heteroatoms. The van der Waals surface area contributed by atoms with Gasteiger partial charge in [-0.2, -0.15) is 0 Å². The molecule has 2 aromatic rings. The number of amides is 2. The number of aliphatic hydroxyl groups is 1. The summed E-state index contributed by atoms with van der Waals surface area (Å²) in [5.41, 5.74) is 8.17. The summed E-state index contributed by atoms with van der Waals surface area (Å²) < 4.78 is 28.6. The van der Waals surface area contributed by atoms with Crippen LogP contribution in [0.25, 0.3) is 6.08 Å². The zero-order valence-corrected chi connectivity index (χ0v) is 27.8. The molecule has 0 aromatic heterocycles. The van der Waals surface area contributed by atoms with Gasteiger partial charge in [0.2, 0.25) is 11.8 Å². The van der Waals surface area contributed by atoms with Crippen LogP contribution in [0, 0.1) is 23.0 Å². The lowest BCUT2D eigenvalue weighted by molar-refractivity contribution is -0.132. The van der Waals surface area contributed by atoms with Crippen molar-refractivity contribution in [2.75, 3.05) is 19.6 Å². The molecule has 1 aliphatic rings.